The molecule has 0 bridgehead atoms. The molecule has 1 aliphatic rings. The Morgan fingerprint density at radius 3 is 2.38 bits per heavy atom. The van der Waals surface area contributed by atoms with Crippen molar-refractivity contribution in [1.29, 1.82) is 0 Å². The van der Waals surface area contributed by atoms with Crippen LogP contribution in [-0.4, -0.2) is 24.9 Å². The van der Waals surface area contributed by atoms with Gasteiger partial charge in [-0.15, -0.1) is 15.7 Å². The highest BCUT2D eigenvalue weighted by Crippen LogP contribution is 2.28. The standard InChI is InChI=1S/C23H14ClN3O4S3/c24-20-19(14-17-22(28)31-21(25-17)18-12-7-13-32-18)33-23(27(20)15-8-3-1-4-9-15)26-34(29,30)16-10-5-2-6-11-16/h1-14H/b17-14+,26-23?. The molecule has 5 rings (SSSR count). The minimum atomic E-state index is -4.01. The van der Waals surface area contributed by atoms with Gasteiger partial charge in [0.1, 0.15) is 5.15 Å². The van der Waals surface area contributed by atoms with Crippen molar-refractivity contribution in [3.05, 3.63) is 104 Å². The van der Waals surface area contributed by atoms with Crippen LogP contribution in [0.5, 0.6) is 0 Å². The molecule has 0 unspecified atom stereocenters. The number of hydrogen-bond donors (Lipinski definition) is 0. The summed E-state index contributed by atoms with van der Waals surface area (Å²) >= 11 is 9.10. The molecule has 170 valence electrons. The zero-order valence-electron chi connectivity index (χ0n) is 17.2. The molecule has 4 aromatic rings. The number of aromatic nitrogens is 1. The highest BCUT2D eigenvalue weighted by atomic mass is 35.5. The van der Waals surface area contributed by atoms with Gasteiger partial charge in [0.25, 0.3) is 10.0 Å². The van der Waals surface area contributed by atoms with Crippen molar-refractivity contribution in [1.82, 2.24) is 4.57 Å². The number of ether oxygens (including phenoxy) is 1. The molecule has 2 aromatic heterocycles. The molecule has 0 saturated heterocycles. The summed E-state index contributed by atoms with van der Waals surface area (Å²) in [6, 6.07) is 20.5. The van der Waals surface area contributed by atoms with Crippen LogP contribution in [0.1, 0.15) is 9.75 Å². The van der Waals surface area contributed by atoms with E-state index in [0.29, 0.717) is 10.6 Å². The number of thiazole rings is 1. The Balaban J connectivity index is 1.67. The molecule has 0 radical (unpaired) electrons. The van der Waals surface area contributed by atoms with Gasteiger partial charge in [0, 0.05) is 5.69 Å². The van der Waals surface area contributed by atoms with E-state index in [-0.39, 0.29) is 26.4 Å². The predicted octanol–water partition coefficient (Wildman–Crippen LogP) is 4.89. The Bertz CT molecular complexity index is 1600. The Kier molecular flexibility index (Phi) is 6.05. The van der Waals surface area contributed by atoms with Gasteiger partial charge in [-0.05, 0) is 41.8 Å². The first-order valence-electron chi connectivity index (χ1n) is 9.82. The molecule has 34 heavy (non-hydrogen) atoms. The second-order valence-corrected chi connectivity index (χ2v) is 10.8. The quantitative estimate of drug-likeness (QED) is 0.273. The topological polar surface area (TPSA) is 90.1 Å². The summed E-state index contributed by atoms with van der Waals surface area (Å²) < 4.78 is 36.8. The van der Waals surface area contributed by atoms with Crippen LogP contribution in [0.15, 0.2) is 98.2 Å². The molecular formula is C23H14ClN3O4S3. The van der Waals surface area contributed by atoms with Crippen LogP contribution in [0.2, 0.25) is 5.15 Å². The number of hydrogen-bond acceptors (Lipinski definition) is 7. The van der Waals surface area contributed by atoms with Gasteiger partial charge in [0.05, 0.1) is 14.6 Å². The average Bonchev–Trinajstić information content (AvgIpc) is 3.56. The molecule has 0 N–H and O–H groups in total. The summed E-state index contributed by atoms with van der Waals surface area (Å²) in [6.07, 6.45) is 1.48. The van der Waals surface area contributed by atoms with Gasteiger partial charge < -0.3 is 4.74 Å². The number of esters is 1. The van der Waals surface area contributed by atoms with Gasteiger partial charge in [-0.1, -0.05) is 65.4 Å². The lowest BCUT2D eigenvalue weighted by atomic mass is 10.3. The number of aliphatic imine (C=N–C) groups is 1. The molecule has 0 saturated carbocycles. The minimum absolute atomic E-state index is 0.0589. The monoisotopic (exact) mass is 527 g/mol. The van der Waals surface area contributed by atoms with Gasteiger partial charge in [0.15, 0.2) is 5.70 Å². The maximum absolute atomic E-state index is 13.0. The fourth-order valence-corrected chi connectivity index (χ4v) is 6.33. The number of rotatable bonds is 5. The average molecular weight is 528 g/mol. The number of cyclic esters (lactones) is 1. The third-order valence-electron chi connectivity index (χ3n) is 4.67. The van der Waals surface area contributed by atoms with Crippen molar-refractivity contribution in [3.63, 3.8) is 0 Å². The third kappa shape index (κ3) is 4.40. The first-order valence-corrected chi connectivity index (χ1v) is 13.3. The number of benzene rings is 2. The van der Waals surface area contributed by atoms with Gasteiger partial charge >= 0.3 is 5.97 Å². The molecule has 11 heteroatoms. The van der Waals surface area contributed by atoms with Crippen molar-refractivity contribution < 1.29 is 17.9 Å². The van der Waals surface area contributed by atoms with Gasteiger partial charge in [-0.3, -0.25) is 4.57 Å². The fraction of sp³-hybridized carbons (Fsp3) is 0. The van der Waals surface area contributed by atoms with E-state index in [1.807, 2.05) is 17.5 Å². The molecule has 0 fully saturated rings. The summed E-state index contributed by atoms with van der Waals surface area (Å²) in [6.45, 7) is 0. The summed E-state index contributed by atoms with van der Waals surface area (Å²) in [7, 11) is -4.01. The lowest BCUT2D eigenvalue weighted by Gasteiger charge is -2.05. The van der Waals surface area contributed by atoms with Crippen molar-refractivity contribution >= 4 is 62.2 Å². The van der Waals surface area contributed by atoms with E-state index in [9.17, 15) is 13.2 Å². The van der Waals surface area contributed by atoms with Crippen LogP contribution in [-0.2, 0) is 19.6 Å². The van der Waals surface area contributed by atoms with Crippen molar-refractivity contribution in [2.24, 2.45) is 9.39 Å². The highest BCUT2D eigenvalue weighted by Gasteiger charge is 2.26. The summed E-state index contributed by atoms with van der Waals surface area (Å²) in [5, 5.41) is 2.05. The van der Waals surface area contributed by atoms with E-state index in [4.69, 9.17) is 16.3 Å². The lowest BCUT2D eigenvalue weighted by molar-refractivity contribution is -0.129. The van der Waals surface area contributed by atoms with Crippen LogP contribution in [0.3, 0.4) is 0 Å². The minimum Gasteiger partial charge on any atom is -0.401 e. The number of halogens is 1. The summed E-state index contributed by atoms with van der Waals surface area (Å²) in [4.78, 5) is 18.0. The largest absolute Gasteiger partial charge is 0.401 e. The van der Waals surface area contributed by atoms with Crippen LogP contribution >= 0.6 is 34.3 Å². The van der Waals surface area contributed by atoms with Crippen LogP contribution in [0.25, 0.3) is 11.8 Å². The Morgan fingerprint density at radius 2 is 1.71 bits per heavy atom. The molecule has 0 spiro atoms. The Hall–Kier alpha value is -3.31. The summed E-state index contributed by atoms with van der Waals surface area (Å²) in [5.74, 6) is -0.402. The molecule has 7 nitrogen and oxygen atoms in total. The number of thiophene rings is 1. The van der Waals surface area contributed by atoms with Gasteiger partial charge in [0.2, 0.25) is 10.7 Å². The van der Waals surface area contributed by atoms with E-state index >= 15 is 0 Å². The van der Waals surface area contributed by atoms with E-state index in [2.05, 4.69) is 9.39 Å². The molecule has 0 amide bonds. The van der Waals surface area contributed by atoms with Crippen molar-refractivity contribution in [2.45, 2.75) is 4.90 Å². The van der Waals surface area contributed by atoms with Crippen LogP contribution in [0.4, 0.5) is 0 Å². The van der Waals surface area contributed by atoms with E-state index < -0.39 is 16.0 Å². The third-order valence-corrected chi connectivity index (χ3v) is 8.39. The van der Waals surface area contributed by atoms with E-state index in [1.165, 1.54) is 34.1 Å². The molecular weight excluding hydrogens is 514 g/mol. The van der Waals surface area contributed by atoms with Gasteiger partial charge in [-0.25, -0.2) is 9.79 Å². The maximum Gasteiger partial charge on any atom is 0.363 e. The SMILES string of the molecule is O=C1OC(c2cccs2)=N/C1=C/c1sc(=NS(=O)(=O)c2ccccc2)n(-c2ccccc2)c1Cl. The van der Waals surface area contributed by atoms with Gasteiger partial charge in [-0.2, -0.15) is 8.42 Å². The first-order chi connectivity index (χ1) is 16.4. The Morgan fingerprint density at radius 1 is 1.00 bits per heavy atom. The second-order valence-electron chi connectivity index (χ2n) is 6.90. The zero-order valence-corrected chi connectivity index (χ0v) is 20.4. The fourth-order valence-electron chi connectivity index (χ4n) is 3.12. The van der Waals surface area contributed by atoms with Crippen molar-refractivity contribution in [2.75, 3.05) is 0 Å². The maximum atomic E-state index is 13.0. The van der Waals surface area contributed by atoms with Crippen molar-refractivity contribution in [3.8, 4) is 5.69 Å². The van der Waals surface area contributed by atoms with Crippen LogP contribution < -0.4 is 4.80 Å². The summed E-state index contributed by atoms with van der Waals surface area (Å²) in [5.41, 5.74) is 0.677. The van der Waals surface area contributed by atoms with Crippen LogP contribution in [0, 0.1) is 0 Å². The lowest BCUT2D eigenvalue weighted by Crippen LogP contribution is -2.15. The normalized spacial score (nSPS) is 15.6. The number of carbonyl (C=O) groups is 1. The number of sulfonamides is 1. The number of para-hydroxylation sites is 1. The second kappa shape index (κ2) is 9.15. The molecule has 2 aromatic carbocycles. The number of carbonyl (C=O) groups excluding carboxylic acids is 1. The molecule has 3 heterocycles. The highest BCUT2D eigenvalue weighted by molar-refractivity contribution is 7.90. The molecule has 0 atom stereocenters. The smallest absolute Gasteiger partial charge is 0.363 e. The zero-order chi connectivity index (χ0) is 23.7. The Labute approximate surface area is 207 Å². The first kappa shape index (κ1) is 22.5. The number of nitrogens with zero attached hydrogens (tertiary/aromatic N) is 3. The predicted molar refractivity (Wildman–Crippen MR) is 133 cm³/mol. The molecule has 1 aliphatic heterocycles. The van der Waals surface area contributed by atoms with E-state index in [1.54, 1.807) is 48.5 Å². The van der Waals surface area contributed by atoms with E-state index in [0.717, 1.165) is 16.2 Å². The molecule has 0 aliphatic carbocycles.